The van der Waals surface area contributed by atoms with Crippen LogP contribution in [0.25, 0.3) is 6.08 Å². The van der Waals surface area contributed by atoms with Gasteiger partial charge in [0.25, 0.3) is 0 Å². The van der Waals surface area contributed by atoms with Crippen molar-refractivity contribution in [3.63, 3.8) is 0 Å². The quantitative estimate of drug-likeness (QED) is 0.507. The number of sulfonamides is 1. The molecule has 1 aliphatic heterocycles. The Labute approximate surface area is 158 Å². The van der Waals surface area contributed by atoms with E-state index in [9.17, 15) is 8.42 Å². The zero-order valence-corrected chi connectivity index (χ0v) is 17.5. The zero-order chi connectivity index (χ0) is 18.8. The molecule has 0 saturated carbocycles. The fraction of sp³-hybridized carbons (Fsp3) is 0.333. The van der Waals surface area contributed by atoms with E-state index in [0.717, 1.165) is 17.2 Å². The maximum Gasteiger partial charge on any atom is 0.215 e. The van der Waals surface area contributed by atoms with Gasteiger partial charge in [-0.15, -0.1) is 0 Å². The minimum absolute atomic E-state index is 0.0807. The average molecular weight is 386 g/mol. The van der Waals surface area contributed by atoms with Crippen LogP contribution in [-0.4, -0.2) is 32.6 Å². The van der Waals surface area contributed by atoms with Crippen LogP contribution in [0.1, 0.15) is 17.2 Å². The Bertz CT molecular complexity index is 858. The van der Waals surface area contributed by atoms with Crippen LogP contribution in [0.15, 0.2) is 66.7 Å². The van der Waals surface area contributed by atoms with Crippen molar-refractivity contribution in [3.8, 4) is 0 Å². The molecule has 0 aliphatic carbocycles. The van der Waals surface area contributed by atoms with E-state index in [1.165, 1.54) is 0 Å². The van der Waals surface area contributed by atoms with Crippen LogP contribution in [0.2, 0.25) is 25.7 Å². The molecule has 5 heteroatoms. The van der Waals surface area contributed by atoms with Gasteiger partial charge in [0.2, 0.25) is 10.0 Å². The van der Waals surface area contributed by atoms with Gasteiger partial charge in [-0.2, -0.15) is 4.31 Å². The summed E-state index contributed by atoms with van der Waals surface area (Å²) in [7, 11) is -4.66. The molecule has 3 atom stereocenters. The van der Waals surface area contributed by atoms with E-state index in [4.69, 9.17) is 0 Å². The number of hydrogen-bond acceptors (Lipinski definition) is 2. The predicted molar refractivity (Wildman–Crippen MR) is 112 cm³/mol. The minimum atomic E-state index is -3.25. The van der Waals surface area contributed by atoms with Gasteiger partial charge < -0.3 is 0 Å². The van der Waals surface area contributed by atoms with Gasteiger partial charge in [0.15, 0.2) is 0 Å². The van der Waals surface area contributed by atoms with Crippen LogP contribution in [-0.2, 0) is 10.0 Å². The van der Waals surface area contributed by atoms with Crippen molar-refractivity contribution in [2.24, 2.45) is 0 Å². The lowest BCUT2D eigenvalue weighted by molar-refractivity contribution is 0.552. The molecule has 26 heavy (non-hydrogen) atoms. The number of rotatable bonds is 7. The molecule has 1 aliphatic rings. The maximum absolute atomic E-state index is 13.0. The Morgan fingerprint density at radius 1 is 0.962 bits per heavy atom. The molecule has 1 heterocycles. The second-order valence-electron chi connectivity index (χ2n) is 8.07. The molecule has 0 radical (unpaired) electrons. The van der Waals surface area contributed by atoms with Crippen LogP contribution in [0, 0.1) is 0 Å². The number of hydrogen-bond donors (Lipinski definition) is 0. The molecule has 1 saturated heterocycles. The van der Waals surface area contributed by atoms with Crippen molar-refractivity contribution in [1.82, 2.24) is 4.31 Å². The first-order valence-electron chi connectivity index (χ1n) is 9.07. The highest BCUT2D eigenvalue weighted by molar-refractivity contribution is 7.89. The van der Waals surface area contributed by atoms with E-state index in [1.807, 2.05) is 72.8 Å². The van der Waals surface area contributed by atoms with Crippen molar-refractivity contribution in [2.45, 2.75) is 37.8 Å². The Balaban J connectivity index is 1.82. The molecule has 0 aromatic heterocycles. The molecule has 0 bridgehead atoms. The highest BCUT2D eigenvalue weighted by Gasteiger charge is 2.54. The third kappa shape index (κ3) is 4.72. The van der Waals surface area contributed by atoms with Gasteiger partial charge in [-0.3, -0.25) is 0 Å². The van der Waals surface area contributed by atoms with E-state index in [0.29, 0.717) is 0 Å². The highest BCUT2D eigenvalue weighted by atomic mass is 32.2. The fourth-order valence-electron chi connectivity index (χ4n) is 3.09. The minimum Gasteiger partial charge on any atom is -0.212 e. The normalized spacial score (nSPS) is 23.3. The highest BCUT2D eigenvalue weighted by Crippen LogP contribution is 2.47. The largest absolute Gasteiger partial charge is 0.215 e. The average Bonchev–Trinajstić information content (AvgIpc) is 3.35. The van der Waals surface area contributed by atoms with Crippen LogP contribution < -0.4 is 0 Å². The van der Waals surface area contributed by atoms with Crippen LogP contribution in [0.4, 0.5) is 0 Å². The Morgan fingerprint density at radius 3 is 2.12 bits per heavy atom. The molecule has 2 aromatic carbocycles. The molecular weight excluding hydrogens is 358 g/mol. The van der Waals surface area contributed by atoms with E-state index < -0.39 is 18.1 Å². The smallest absolute Gasteiger partial charge is 0.212 e. The summed E-state index contributed by atoms with van der Waals surface area (Å²) in [5, 5.41) is 0. The second kappa shape index (κ2) is 7.51. The second-order valence-corrected chi connectivity index (χ2v) is 15.7. The number of nitrogens with zero attached hydrogens (tertiary/aromatic N) is 1. The van der Waals surface area contributed by atoms with Crippen LogP contribution in [0.3, 0.4) is 0 Å². The molecule has 138 valence electrons. The molecule has 0 amide bonds. The standard InChI is InChI=1S/C21H27NO2SSi/c1-26(2,3)17-16-25(23,24)22-20(15-14-18-10-6-4-7-11-18)21(22)19-12-8-5-9-13-19/h4-15,20-21H,16-17H2,1-3H3/b15-14+. The van der Waals surface area contributed by atoms with E-state index in [-0.39, 0.29) is 17.8 Å². The van der Waals surface area contributed by atoms with Crippen molar-refractivity contribution in [1.29, 1.82) is 0 Å². The van der Waals surface area contributed by atoms with Gasteiger partial charge in [-0.25, -0.2) is 8.42 Å². The topological polar surface area (TPSA) is 37.1 Å². The molecule has 3 unspecified atom stereocenters. The molecule has 3 nitrogen and oxygen atoms in total. The summed E-state index contributed by atoms with van der Waals surface area (Å²) in [6.07, 6.45) is 4.05. The Hall–Kier alpha value is -1.69. The first-order valence-corrected chi connectivity index (χ1v) is 14.4. The SMILES string of the molecule is C[Si](C)(C)CCS(=O)(=O)N1C(/C=C/c2ccccc2)C1c1ccccc1. The van der Waals surface area contributed by atoms with E-state index in [2.05, 4.69) is 19.6 Å². The summed E-state index contributed by atoms with van der Waals surface area (Å²) in [4.78, 5) is 0. The van der Waals surface area contributed by atoms with Gasteiger partial charge in [-0.05, 0) is 17.2 Å². The van der Waals surface area contributed by atoms with Gasteiger partial charge >= 0.3 is 0 Å². The summed E-state index contributed by atoms with van der Waals surface area (Å²) < 4.78 is 27.6. The third-order valence-corrected chi connectivity index (χ3v) is 8.60. The Morgan fingerprint density at radius 2 is 1.54 bits per heavy atom. The molecule has 3 rings (SSSR count). The summed E-state index contributed by atoms with van der Waals surface area (Å²) in [5.74, 6) is 0.252. The summed E-state index contributed by atoms with van der Waals surface area (Å²) >= 11 is 0. The molecule has 2 aromatic rings. The van der Waals surface area contributed by atoms with E-state index >= 15 is 0 Å². The van der Waals surface area contributed by atoms with Gasteiger partial charge in [0, 0.05) is 8.07 Å². The maximum atomic E-state index is 13.0. The van der Waals surface area contributed by atoms with E-state index in [1.54, 1.807) is 4.31 Å². The lowest BCUT2D eigenvalue weighted by Gasteiger charge is -2.16. The first kappa shape index (κ1) is 19.1. The Kier molecular flexibility index (Phi) is 5.51. The monoisotopic (exact) mass is 385 g/mol. The first-order chi connectivity index (χ1) is 12.3. The lowest BCUT2D eigenvalue weighted by atomic mass is 10.1. The molecular formula is C21H27NO2SSi. The molecule has 0 N–H and O–H groups in total. The summed E-state index contributed by atoms with van der Waals surface area (Å²) in [6.45, 7) is 6.64. The summed E-state index contributed by atoms with van der Waals surface area (Å²) in [6, 6.07) is 20.6. The third-order valence-electron chi connectivity index (χ3n) is 4.66. The van der Waals surface area contributed by atoms with Crippen LogP contribution in [0.5, 0.6) is 0 Å². The van der Waals surface area contributed by atoms with Gasteiger partial charge in [0.05, 0.1) is 17.8 Å². The van der Waals surface area contributed by atoms with Crippen molar-refractivity contribution < 1.29 is 8.42 Å². The summed E-state index contributed by atoms with van der Waals surface area (Å²) in [5.41, 5.74) is 2.15. The lowest BCUT2D eigenvalue weighted by Crippen LogP contribution is -2.27. The van der Waals surface area contributed by atoms with Crippen LogP contribution >= 0.6 is 0 Å². The molecule has 1 fully saturated rings. The van der Waals surface area contributed by atoms with Crippen molar-refractivity contribution in [2.75, 3.05) is 5.75 Å². The zero-order valence-electron chi connectivity index (χ0n) is 15.7. The van der Waals surface area contributed by atoms with Crippen molar-refractivity contribution in [3.05, 3.63) is 77.9 Å². The van der Waals surface area contributed by atoms with Gasteiger partial charge in [-0.1, -0.05) is 92.5 Å². The fourth-order valence-corrected chi connectivity index (χ4v) is 7.87. The van der Waals surface area contributed by atoms with Crippen molar-refractivity contribution >= 4 is 24.2 Å². The van der Waals surface area contributed by atoms with Gasteiger partial charge in [0.1, 0.15) is 0 Å². The number of benzene rings is 2. The predicted octanol–water partition coefficient (Wildman–Crippen LogP) is 4.79. The molecule has 0 spiro atoms.